The van der Waals surface area contributed by atoms with E-state index in [1.165, 1.54) is 6.07 Å². The van der Waals surface area contributed by atoms with Crippen LogP contribution in [0.25, 0.3) is 0 Å². The molecule has 1 fully saturated rings. The molecule has 0 aliphatic carbocycles. The zero-order valence-corrected chi connectivity index (χ0v) is 12.2. The molecule has 1 N–H and O–H groups in total. The Hall–Kier alpha value is -1.42. The Morgan fingerprint density at radius 1 is 1.45 bits per heavy atom. The Labute approximate surface area is 120 Å². The van der Waals surface area contributed by atoms with Crippen molar-refractivity contribution >= 4 is 5.91 Å². The summed E-state index contributed by atoms with van der Waals surface area (Å²) in [5, 5.41) is 3.60. The Bertz CT molecular complexity index is 456. The number of hydrogen-bond donors (Lipinski definition) is 1. The fourth-order valence-electron chi connectivity index (χ4n) is 2.82. The van der Waals surface area contributed by atoms with E-state index >= 15 is 0 Å². The van der Waals surface area contributed by atoms with Gasteiger partial charge in [-0.25, -0.2) is 4.39 Å². The Morgan fingerprint density at radius 3 is 2.70 bits per heavy atom. The minimum absolute atomic E-state index is 0.153. The van der Waals surface area contributed by atoms with Crippen LogP contribution in [0, 0.1) is 5.82 Å². The third kappa shape index (κ3) is 3.79. The molecule has 1 unspecified atom stereocenters. The predicted molar refractivity (Wildman–Crippen MR) is 77.8 cm³/mol. The van der Waals surface area contributed by atoms with Gasteiger partial charge in [0.15, 0.2) is 0 Å². The standard InChI is InChI=1S/C16H23FN2O/c1-3-16(13-5-4-6-14(17)11-13)18-15-7-9-19(10-8-15)12(2)20/h4-6,11,15-16,18H,3,7-10H2,1-2H3. The van der Waals surface area contributed by atoms with Crippen LogP contribution in [-0.2, 0) is 4.79 Å². The van der Waals surface area contributed by atoms with Gasteiger partial charge < -0.3 is 10.2 Å². The van der Waals surface area contributed by atoms with E-state index in [-0.39, 0.29) is 17.8 Å². The molecule has 0 radical (unpaired) electrons. The highest BCUT2D eigenvalue weighted by molar-refractivity contribution is 5.73. The van der Waals surface area contributed by atoms with Crippen LogP contribution in [0.4, 0.5) is 4.39 Å². The van der Waals surface area contributed by atoms with Crippen molar-refractivity contribution in [1.29, 1.82) is 0 Å². The summed E-state index contributed by atoms with van der Waals surface area (Å²) in [6.45, 7) is 5.35. The number of halogens is 1. The first-order chi connectivity index (χ1) is 9.60. The summed E-state index contributed by atoms with van der Waals surface area (Å²) < 4.78 is 13.3. The summed E-state index contributed by atoms with van der Waals surface area (Å²) in [4.78, 5) is 13.2. The number of likely N-dealkylation sites (tertiary alicyclic amines) is 1. The highest BCUT2D eigenvalue weighted by Crippen LogP contribution is 2.21. The summed E-state index contributed by atoms with van der Waals surface area (Å²) in [5.41, 5.74) is 1.00. The van der Waals surface area contributed by atoms with Crippen molar-refractivity contribution in [2.45, 2.75) is 45.2 Å². The van der Waals surface area contributed by atoms with Gasteiger partial charge in [-0.05, 0) is 37.0 Å². The molecule has 1 atom stereocenters. The van der Waals surface area contributed by atoms with Crippen LogP contribution in [0.5, 0.6) is 0 Å². The number of nitrogens with one attached hydrogen (secondary N) is 1. The van der Waals surface area contributed by atoms with Crippen LogP contribution >= 0.6 is 0 Å². The van der Waals surface area contributed by atoms with Gasteiger partial charge in [-0.3, -0.25) is 4.79 Å². The molecule has 4 heteroatoms. The van der Waals surface area contributed by atoms with E-state index in [0.29, 0.717) is 6.04 Å². The molecule has 3 nitrogen and oxygen atoms in total. The highest BCUT2D eigenvalue weighted by atomic mass is 19.1. The van der Waals surface area contributed by atoms with Gasteiger partial charge in [0.1, 0.15) is 5.82 Å². The molecule has 1 heterocycles. The Morgan fingerprint density at radius 2 is 2.15 bits per heavy atom. The monoisotopic (exact) mass is 278 g/mol. The number of carbonyl (C=O) groups excluding carboxylic acids is 1. The Balaban J connectivity index is 1.93. The maximum Gasteiger partial charge on any atom is 0.219 e. The quantitative estimate of drug-likeness (QED) is 0.918. The maximum absolute atomic E-state index is 13.3. The minimum Gasteiger partial charge on any atom is -0.343 e. The lowest BCUT2D eigenvalue weighted by Crippen LogP contribution is -2.45. The smallest absolute Gasteiger partial charge is 0.219 e. The first-order valence-corrected chi connectivity index (χ1v) is 7.37. The number of hydrogen-bond acceptors (Lipinski definition) is 2. The van der Waals surface area contributed by atoms with E-state index in [0.717, 1.165) is 37.9 Å². The first kappa shape index (κ1) is 15.0. The van der Waals surface area contributed by atoms with Crippen molar-refractivity contribution in [2.24, 2.45) is 0 Å². The third-order valence-electron chi connectivity index (χ3n) is 4.04. The SMILES string of the molecule is CCC(NC1CCN(C(C)=O)CC1)c1cccc(F)c1. The van der Waals surface area contributed by atoms with E-state index in [1.807, 2.05) is 11.0 Å². The van der Waals surface area contributed by atoms with Crippen LogP contribution in [0.1, 0.15) is 44.7 Å². The summed E-state index contributed by atoms with van der Waals surface area (Å²) in [6.07, 6.45) is 2.85. The summed E-state index contributed by atoms with van der Waals surface area (Å²) in [5.74, 6) is -0.0326. The fourth-order valence-corrected chi connectivity index (χ4v) is 2.82. The van der Waals surface area contributed by atoms with Crippen LogP contribution in [0.3, 0.4) is 0 Å². The lowest BCUT2D eigenvalue weighted by molar-refractivity contribution is -0.129. The molecule has 110 valence electrons. The summed E-state index contributed by atoms with van der Waals surface area (Å²) >= 11 is 0. The lowest BCUT2D eigenvalue weighted by atomic mass is 9.99. The molecule has 0 spiro atoms. The van der Waals surface area contributed by atoms with Gasteiger partial charge >= 0.3 is 0 Å². The maximum atomic E-state index is 13.3. The molecule has 0 saturated carbocycles. The molecule has 1 aliphatic rings. The molecule has 20 heavy (non-hydrogen) atoms. The molecule has 1 aromatic rings. The van der Waals surface area contributed by atoms with Gasteiger partial charge in [0.25, 0.3) is 0 Å². The van der Waals surface area contributed by atoms with E-state index < -0.39 is 0 Å². The number of carbonyl (C=O) groups is 1. The first-order valence-electron chi connectivity index (χ1n) is 7.37. The second-order valence-corrected chi connectivity index (χ2v) is 5.46. The van der Waals surface area contributed by atoms with E-state index in [2.05, 4.69) is 12.2 Å². The average Bonchev–Trinajstić information content (AvgIpc) is 2.45. The van der Waals surface area contributed by atoms with Crippen molar-refractivity contribution in [1.82, 2.24) is 10.2 Å². The van der Waals surface area contributed by atoms with Gasteiger partial charge in [0.2, 0.25) is 5.91 Å². The topological polar surface area (TPSA) is 32.3 Å². The number of piperidine rings is 1. The minimum atomic E-state index is -0.186. The van der Waals surface area contributed by atoms with Gasteiger partial charge in [-0.2, -0.15) is 0 Å². The van der Waals surface area contributed by atoms with Crippen molar-refractivity contribution in [3.8, 4) is 0 Å². The van der Waals surface area contributed by atoms with Crippen molar-refractivity contribution in [3.05, 3.63) is 35.6 Å². The third-order valence-corrected chi connectivity index (χ3v) is 4.04. The highest BCUT2D eigenvalue weighted by Gasteiger charge is 2.22. The second-order valence-electron chi connectivity index (χ2n) is 5.46. The second kappa shape index (κ2) is 6.84. The molecular weight excluding hydrogens is 255 g/mol. The van der Waals surface area contributed by atoms with Crippen LogP contribution in [-0.4, -0.2) is 29.9 Å². The van der Waals surface area contributed by atoms with E-state index in [9.17, 15) is 9.18 Å². The van der Waals surface area contributed by atoms with Gasteiger partial charge in [-0.15, -0.1) is 0 Å². The van der Waals surface area contributed by atoms with E-state index in [4.69, 9.17) is 0 Å². The number of rotatable bonds is 4. The normalized spacial score (nSPS) is 18.1. The van der Waals surface area contributed by atoms with Crippen molar-refractivity contribution < 1.29 is 9.18 Å². The lowest BCUT2D eigenvalue weighted by Gasteiger charge is -2.34. The zero-order chi connectivity index (χ0) is 14.5. The van der Waals surface area contributed by atoms with Crippen LogP contribution in [0.2, 0.25) is 0 Å². The van der Waals surface area contributed by atoms with Crippen molar-refractivity contribution in [3.63, 3.8) is 0 Å². The summed E-state index contributed by atoms with van der Waals surface area (Å²) in [6, 6.07) is 7.38. The molecule has 1 saturated heterocycles. The Kier molecular flexibility index (Phi) is 5.12. The number of benzene rings is 1. The van der Waals surface area contributed by atoms with Crippen LogP contribution < -0.4 is 5.32 Å². The average molecular weight is 278 g/mol. The van der Waals surface area contributed by atoms with Crippen LogP contribution in [0.15, 0.2) is 24.3 Å². The molecule has 1 aliphatic heterocycles. The zero-order valence-electron chi connectivity index (χ0n) is 12.2. The molecule has 0 aromatic heterocycles. The van der Waals surface area contributed by atoms with E-state index in [1.54, 1.807) is 19.1 Å². The van der Waals surface area contributed by atoms with Crippen molar-refractivity contribution in [2.75, 3.05) is 13.1 Å². The largest absolute Gasteiger partial charge is 0.343 e. The number of amides is 1. The molecule has 2 rings (SSSR count). The molecule has 1 amide bonds. The fraction of sp³-hybridized carbons (Fsp3) is 0.562. The van der Waals surface area contributed by atoms with Gasteiger partial charge in [0.05, 0.1) is 0 Å². The van der Waals surface area contributed by atoms with Gasteiger partial charge in [-0.1, -0.05) is 19.1 Å². The molecule has 0 bridgehead atoms. The predicted octanol–water partition coefficient (Wildman–Crippen LogP) is 2.88. The van der Waals surface area contributed by atoms with Gasteiger partial charge in [0, 0.05) is 32.1 Å². The molecular formula is C16H23FN2O. The number of nitrogens with zero attached hydrogens (tertiary/aromatic N) is 1. The molecule has 1 aromatic carbocycles. The summed E-state index contributed by atoms with van der Waals surface area (Å²) in [7, 11) is 0.